The standard InChI is InChI=1S/C23H24Cl2N2O5/c1-31-22(29)19(12-16-9-10-17(24)13-18(16)25)26-21(28)20-8-5-11-27(20)23(30)32-14-15-6-3-2-4-7-15/h2-4,6-7,9-10,13,19-20H,5,8,11-12,14H2,1H3,(H,26,28)/t19-,20+/m0/s1. The van der Waals surface area contributed by atoms with Crippen LogP contribution in [-0.2, 0) is 32.1 Å². The van der Waals surface area contributed by atoms with Gasteiger partial charge in [-0.15, -0.1) is 0 Å². The number of hydrogen-bond acceptors (Lipinski definition) is 5. The molecule has 2 aromatic rings. The molecule has 1 aliphatic heterocycles. The topological polar surface area (TPSA) is 84.9 Å². The van der Waals surface area contributed by atoms with Crippen molar-refractivity contribution in [2.24, 2.45) is 0 Å². The molecule has 0 spiro atoms. The van der Waals surface area contributed by atoms with E-state index in [-0.39, 0.29) is 13.0 Å². The summed E-state index contributed by atoms with van der Waals surface area (Å²) < 4.78 is 10.2. The van der Waals surface area contributed by atoms with Crippen molar-refractivity contribution in [1.82, 2.24) is 10.2 Å². The number of likely N-dealkylation sites (tertiary alicyclic amines) is 1. The molecule has 0 unspecified atom stereocenters. The quantitative estimate of drug-likeness (QED) is 0.607. The lowest BCUT2D eigenvalue weighted by Gasteiger charge is -2.25. The molecule has 0 saturated carbocycles. The highest BCUT2D eigenvalue weighted by molar-refractivity contribution is 6.35. The van der Waals surface area contributed by atoms with Crippen LogP contribution in [0.3, 0.4) is 0 Å². The fraction of sp³-hybridized carbons (Fsp3) is 0.348. The zero-order valence-electron chi connectivity index (χ0n) is 17.6. The summed E-state index contributed by atoms with van der Waals surface area (Å²) in [6.07, 6.45) is 0.688. The SMILES string of the molecule is COC(=O)[C@H](Cc1ccc(Cl)cc1Cl)NC(=O)[C@H]1CCCN1C(=O)OCc1ccccc1. The summed E-state index contributed by atoms with van der Waals surface area (Å²) in [5.74, 6) is -1.06. The lowest BCUT2D eigenvalue weighted by Crippen LogP contribution is -2.51. The molecule has 170 valence electrons. The molecule has 1 aliphatic rings. The molecule has 2 aromatic carbocycles. The minimum absolute atomic E-state index is 0.115. The number of nitrogens with zero attached hydrogens (tertiary/aromatic N) is 1. The second kappa shape index (κ2) is 11.2. The molecule has 0 radical (unpaired) electrons. The average molecular weight is 479 g/mol. The Hall–Kier alpha value is -2.77. The van der Waals surface area contributed by atoms with Crippen LogP contribution in [0, 0.1) is 0 Å². The second-order valence-corrected chi connectivity index (χ2v) is 8.26. The molecular formula is C23H24Cl2N2O5. The first-order valence-corrected chi connectivity index (χ1v) is 10.9. The van der Waals surface area contributed by atoms with Crippen LogP contribution < -0.4 is 5.32 Å². The van der Waals surface area contributed by atoms with Gasteiger partial charge in [0, 0.05) is 23.0 Å². The minimum atomic E-state index is -0.964. The number of rotatable bonds is 7. The highest BCUT2D eigenvalue weighted by atomic mass is 35.5. The zero-order chi connectivity index (χ0) is 23.1. The molecule has 0 aliphatic carbocycles. The molecular weight excluding hydrogens is 455 g/mol. The average Bonchev–Trinajstić information content (AvgIpc) is 3.29. The fourth-order valence-corrected chi connectivity index (χ4v) is 4.06. The Morgan fingerprint density at radius 3 is 2.59 bits per heavy atom. The van der Waals surface area contributed by atoms with Crippen molar-refractivity contribution in [3.8, 4) is 0 Å². The number of halogens is 2. The summed E-state index contributed by atoms with van der Waals surface area (Å²) >= 11 is 12.1. The number of hydrogen-bond donors (Lipinski definition) is 1. The Kier molecular flexibility index (Phi) is 8.36. The Labute approximate surface area is 196 Å². The molecule has 0 aromatic heterocycles. The van der Waals surface area contributed by atoms with E-state index in [1.807, 2.05) is 30.3 Å². The Morgan fingerprint density at radius 1 is 1.16 bits per heavy atom. The number of amides is 2. The van der Waals surface area contributed by atoms with Crippen LogP contribution in [0.25, 0.3) is 0 Å². The Morgan fingerprint density at radius 2 is 1.91 bits per heavy atom. The van der Waals surface area contributed by atoms with Crippen molar-refractivity contribution in [2.45, 2.75) is 38.0 Å². The third-order valence-electron chi connectivity index (χ3n) is 5.24. The van der Waals surface area contributed by atoms with Crippen molar-refractivity contribution >= 4 is 41.2 Å². The summed E-state index contributed by atoms with van der Waals surface area (Å²) in [7, 11) is 1.24. The maximum atomic E-state index is 13.0. The van der Waals surface area contributed by atoms with Gasteiger partial charge in [0.2, 0.25) is 5.91 Å². The van der Waals surface area contributed by atoms with Crippen molar-refractivity contribution in [2.75, 3.05) is 13.7 Å². The summed E-state index contributed by atoms with van der Waals surface area (Å²) in [6, 6.07) is 12.5. The summed E-state index contributed by atoms with van der Waals surface area (Å²) in [5, 5.41) is 3.55. The lowest BCUT2D eigenvalue weighted by molar-refractivity contribution is -0.145. The van der Waals surface area contributed by atoms with Gasteiger partial charge < -0.3 is 14.8 Å². The number of ether oxygens (including phenoxy) is 2. The van der Waals surface area contributed by atoms with Crippen molar-refractivity contribution in [3.05, 3.63) is 69.7 Å². The number of nitrogens with one attached hydrogen (secondary N) is 1. The van der Waals surface area contributed by atoms with Crippen LogP contribution in [0.5, 0.6) is 0 Å². The first-order valence-electron chi connectivity index (χ1n) is 10.2. The summed E-state index contributed by atoms with van der Waals surface area (Å²) in [5.41, 5.74) is 1.49. The van der Waals surface area contributed by atoms with Crippen molar-refractivity contribution < 1.29 is 23.9 Å². The molecule has 1 fully saturated rings. The molecule has 0 bridgehead atoms. The maximum Gasteiger partial charge on any atom is 0.410 e. The molecule has 9 heteroatoms. The molecule has 3 rings (SSSR count). The van der Waals surface area contributed by atoms with E-state index >= 15 is 0 Å². The first-order chi connectivity index (χ1) is 15.4. The second-order valence-electron chi connectivity index (χ2n) is 7.42. The third kappa shape index (κ3) is 6.14. The molecule has 32 heavy (non-hydrogen) atoms. The van der Waals surface area contributed by atoms with E-state index in [2.05, 4.69) is 5.32 Å². The van der Waals surface area contributed by atoms with Gasteiger partial charge in [-0.1, -0.05) is 59.6 Å². The number of carbonyl (C=O) groups is 3. The molecule has 1 heterocycles. The van der Waals surface area contributed by atoms with Crippen LogP contribution in [0.2, 0.25) is 10.0 Å². The first kappa shape index (κ1) is 23.9. The minimum Gasteiger partial charge on any atom is -0.467 e. The predicted octanol–water partition coefficient (Wildman–Crippen LogP) is 3.99. The van der Waals surface area contributed by atoms with E-state index in [1.54, 1.807) is 18.2 Å². The van der Waals surface area contributed by atoms with Gasteiger partial charge in [-0.2, -0.15) is 0 Å². The van der Waals surface area contributed by atoms with E-state index in [9.17, 15) is 14.4 Å². The van der Waals surface area contributed by atoms with Gasteiger partial charge in [0.15, 0.2) is 0 Å². The van der Waals surface area contributed by atoms with E-state index in [0.29, 0.717) is 35.0 Å². The number of carbonyl (C=O) groups excluding carboxylic acids is 3. The van der Waals surface area contributed by atoms with Crippen LogP contribution >= 0.6 is 23.2 Å². The Balaban J connectivity index is 1.65. The van der Waals surface area contributed by atoms with Crippen LogP contribution in [0.1, 0.15) is 24.0 Å². The Bertz CT molecular complexity index is 970. The number of methoxy groups -OCH3 is 1. The number of benzene rings is 2. The van der Waals surface area contributed by atoms with Crippen LogP contribution in [0.4, 0.5) is 4.79 Å². The molecule has 7 nitrogen and oxygen atoms in total. The van der Waals surface area contributed by atoms with Gasteiger partial charge in [-0.25, -0.2) is 9.59 Å². The van der Waals surface area contributed by atoms with Crippen LogP contribution in [0.15, 0.2) is 48.5 Å². The van der Waals surface area contributed by atoms with Gasteiger partial charge in [-0.05, 0) is 36.1 Å². The number of esters is 1. The van der Waals surface area contributed by atoms with Crippen LogP contribution in [-0.4, -0.2) is 48.6 Å². The van der Waals surface area contributed by atoms with Crippen molar-refractivity contribution in [1.29, 1.82) is 0 Å². The van der Waals surface area contributed by atoms with Gasteiger partial charge in [0.05, 0.1) is 7.11 Å². The predicted molar refractivity (Wildman–Crippen MR) is 120 cm³/mol. The van der Waals surface area contributed by atoms with Gasteiger partial charge in [0.1, 0.15) is 18.7 Å². The normalized spacial score (nSPS) is 16.3. The summed E-state index contributed by atoms with van der Waals surface area (Å²) in [4.78, 5) is 39.3. The van der Waals surface area contributed by atoms with Gasteiger partial charge in [-0.3, -0.25) is 9.69 Å². The van der Waals surface area contributed by atoms with Crippen molar-refractivity contribution in [3.63, 3.8) is 0 Å². The monoisotopic (exact) mass is 478 g/mol. The lowest BCUT2D eigenvalue weighted by atomic mass is 10.0. The fourth-order valence-electron chi connectivity index (χ4n) is 3.57. The largest absolute Gasteiger partial charge is 0.467 e. The van der Waals surface area contributed by atoms with E-state index < -0.39 is 30.1 Å². The third-order valence-corrected chi connectivity index (χ3v) is 5.82. The van der Waals surface area contributed by atoms with Gasteiger partial charge >= 0.3 is 12.1 Å². The summed E-state index contributed by atoms with van der Waals surface area (Å²) in [6.45, 7) is 0.516. The molecule has 1 saturated heterocycles. The van der Waals surface area contributed by atoms with E-state index in [4.69, 9.17) is 32.7 Å². The zero-order valence-corrected chi connectivity index (χ0v) is 19.1. The van der Waals surface area contributed by atoms with E-state index in [0.717, 1.165) is 5.56 Å². The smallest absolute Gasteiger partial charge is 0.410 e. The maximum absolute atomic E-state index is 13.0. The molecule has 1 N–H and O–H groups in total. The van der Waals surface area contributed by atoms with E-state index in [1.165, 1.54) is 12.0 Å². The van der Waals surface area contributed by atoms with Gasteiger partial charge in [0.25, 0.3) is 0 Å². The highest BCUT2D eigenvalue weighted by Crippen LogP contribution is 2.23. The molecule has 2 atom stereocenters. The molecule has 2 amide bonds. The highest BCUT2D eigenvalue weighted by Gasteiger charge is 2.37.